The van der Waals surface area contributed by atoms with Crippen LogP contribution < -0.4 is 32.8 Å². The maximum absolute atomic E-state index is 10.2. The highest BCUT2D eigenvalue weighted by molar-refractivity contribution is 7.03. The Morgan fingerprint density at radius 2 is 0.979 bits per heavy atom. The lowest BCUT2D eigenvalue weighted by Crippen LogP contribution is -2.53. The molecule has 4 aliphatic heterocycles. The zero-order chi connectivity index (χ0) is 31.7. The van der Waals surface area contributed by atoms with E-state index in [1.54, 1.807) is 0 Å². The van der Waals surface area contributed by atoms with E-state index < -0.39 is 0 Å². The second-order valence-electron chi connectivity index (χ2n) is 14.2. The molecule has 0 fully saturated rings. The van der Waals surface area contributed by atoms with Crippen LogP contribution in [0.15, 0.2) is 97.1 Å². The zero-order valence-corrected chi connectivity index (χ0v) is 26.3. The standard InChI is InChI=1S/C44H22B2N2/c1-21-12-29-32-15-23(20-47)14-31-25-8-4-6-10-35(25)45(43(31)32)37-18-28-22(2)13-30-34-17-24(48-3)16-33-26-9-5-7-11-36(26)46(44(33)34)38-19-27(21)41(39(29)37)42(28)40(30)38/h4-19H,1-2H3. The quantitative estimate of drug-likeness (QED) is 0.110. The minimum Gasteiger partial charge on any atom is -0.238 e. The van der Waals surface area contributed by atoms with Gasteiger partial charge in [-0.15, -0.1) is 0 Å². The average molecular weight is 600 g/mol. The summed E-state index contributed by atoms with van der Waals surface area (Å²) in [4.78, 5) is 3.96. The molecule has 0 aromatic heterocycles. The molecule has 0 unspecified atom stereocenters. The Kier molecular flexibility index (Phi) is 4.21. The minimum absolute atomic E-state index is 0.124. The third kappa shape index (κ3) is 2.62. The summed E-state index contributed by atoms with van der Waals surface area (Å²) in [6.45, 7) is 12.8. The molecule has 214 valence electrons. The van der Waals surface area contributed by atoms with Gasteiger partial charge in [0.2, 0.25) is 13.4 Å². The van der Waals surface area contributed by atoms with Gasteiger partial charge in [-0.25, -0.2) is 4.85 Å². The average Bonchev–Trinajstić information content (AvgIpc) is 3.63. The van der Waals surface area contributed by atoms with Crippen molar-refractivity contribution < 1.29 is 0 Å². The fraction of sp³-hybridized carbons (Fsp3) is 0.0455. The van der Waals surface area contributed by atoms with Gasteiger partial charge < -0.3 is 0 Å². The monoisotopic (exact) mass is 600 g/mol. The minimum atomic E-state index is 0.124. The molecule has 48 heavy (non-hydrogen) atoms. The van der Waals surface area contributed by atoms with E-state index in [9.17, 15) is 5.26 Å². The number of rotatable bonds is 0. The first-order valence-electron chi connectivity index (χ1n) is 16.7. The molecule has 4 aliphatic rings. The van der Waals surface area contributed by atoms with E-state index in [2.05, 4.69) is 122 Å². The highest BCUT2D eigenvalue weighted by Crippen LogP contribution is 2.48. The predicted molar refractivity (Wildman–Crippen MR) is 202 cm³/mol. The second-order valence-corrected chi connectivity index (χ2v) is 14.2. The van der Waals surface area contributed by atoms with Gasteiger partial charge >= 0.3 is 0 Å². The van der Waals surface area contributed by atoms with Crippen molar-refractivity contribution in [3.8, 4) is 50.6 Å². The van der Waals surface area contributed by atoms with Gasteiger partial charge in [0.05, 0.1) is 18.2 Å². The van der Waals surface area contributed by atoms with Crippen molar-refractivity contribution in [2.45, 2.75) is 13.8 Å². The SMILES string of the molecule is [C-]#[N+]c1cc2c3c(c1)-c1cc(C)c4cc5c6c(cc(C)c7cc(c1c4c76)B3c1ccccc1-2)-c1cc(C#N)cc2c1B5c1ccccc1-2. The summed E-state index contributed by atoms with van der Waals surface area (Å²) < 4.78 is 0. The maximum atomic E-state index is 10.2. The molecule has 4 heteroatoms. The fourth-order valence-electron chi connectivity index (χ4n) is 10.4. The highest BCUT2D eigenvalue weighted by Gasteiger charge is 2.44. The number of aryl methyl sites for hydroxylation is 2. The largest absolute Gasteiger partial charge is 0.244 e. The molecule has 0 saturated heterocycles. The number of hydrogen-bond donors (Lipinski definition) is 0. The lowest BCUT2D eigenvalue weighted by atomic mass is 9.34. The predicted octanol–water partition coefficient (Wildman–Crippen LogP) is 6.58. The summed E-state index contributed by atoms with van der Waals surface area (Å²) in [5, 5.41) is 18.2. The molecule has 0 radical (unpaired) electrons. The molecule has 0 amide bonds. The topological polar surface area (TPSA) is 28.1 Å². The molecule has 8 aromatic carbocycles. The number of fused-ring (bicyclic) bond motifs is 10. The van der Waals surface area contributed by atoms with E-state index in [0.29, 0.717) is 11.3 Å². The zero-order valence-electron chi connectivity index (χ0n) is 26.3. The maximum Gasteiger partial charge on any atom is 0.244 e. The second kappa shape index (κ2) is 8.06. The van der Waals surface area contributed by atoms with Crippen LogP contribution in [0.4, 0.5) is 5.69 Å². The third-order valence-electron chi connectivity index (χ3n) is 12.1. The van der Waals surface area contributed by atoms with Crippen LogP contribution in [0.3, 0.4) is 0 Å². The van der Waals surface area contributed by atoms with Gasteiger partial charge in [-0.2, -0.15) is 5.26 Å². The normalized spacial score (nSPS) is 13.5. The van der Waals surface area contributed by atoms with E-state index >= 15 is 0 Å². The smallest absolute Gasteiger partial charge is 0.238 e. The van der Waals surface area contributed by atoms with Crippen LogP contribution in [-0.2, 0) is 0 Å². The van der Waals surface area contributed by atoms with E-state index in [-0.39, 0.29) is 13.4 Å². The Bertz CT molecular complexity index is 2810. The van der Waals surface area contributed by atoms with Gasteiger partial charge in [0.15, 0.2) is 5.69 Å². The molecule has 0 saturated carbocycles. The molecular weight excluding hydrogens is 578 g/mol. The molecule has 0 aliphatic carbocycles. The van der Waals surface area contributed by atoms with Crippen molar-refractivity contribution in [2.75, 3.05) is 0 Å². The van der Waals surface area contributed by atoms with Crippen molar-refractivity contribution in [1.29, 1.82) is 5.26 Å². The Hall–Kier alpha value is -6.09. The van der Waals surface area contributed by atoms with E-state index in [0.717, 1.165) is 0 Å². The Morgan fingerprint density at radius 3 is 1.48 bits per heavy atom. The van der Waals surface area contributed by atoms with Crippen LogP contribution in [0.25, 0.3) is 81.7 Å². The van der Waals surface area contributed by atoms with E-state index in [4.69, 9.17) is 6.57 Å². The summed E-state index contributed by atoms with van der Waals surface area (Å²) in [6, 6.07) is 38.4. The summed E-state index contributed by atoms with van der Waals surface area (Å²) in [6.07, 6.45) is 0. The lowest BCUT2D eigenvalue weighted by molar-refractivity contribution is 1.48. The molecule has 0 N–H and O–H groups in total. The van der Waals surface area contributed by atoms with Crippen LogP contribution in [0.1, 0.15) is 16.7 Å². The van der Waals surface area contributed by atoms with Crippen LogP contribution in [-0.4, -0.2) is 13.4 Å². The molecule has 0 bridgehead atoms. The van der Waals surface area contributed by atoms with Crippen molar-refractivity contribution in [3.63, 3.8) is 0 Å². The van der Waals surface area contributed by atoms with Crippen molar-refractivity contribution >= 4 is 84.2 Å². The summed E-state index contributed by atoms with van der Waals surface area (Å²) in [7, 11) is 0. The Morgan fingerprint density at radius 1 is 0.521 bits per heavy atom. The first-order valence-corrected chi connectivity index (χ1v) is 16.7. The lowest BCUT2D eigenvalue weighted by Gasteiger charge is -2.32. The summed E-state index contributed by atoms with van der Waals surface area (Å²) >= 11 is 0. The molecule has 4 heterocycles. The first kappa shape index (κ1) is 25.1. The first-order chi connectivity index (χ1) is 23.6. The molecule has 0 spiro atoms. The summed E-state index contributed by atoms with van der Waals surface area (Å²) in [5.41, 5.74) is 21.8. The molecule has 8 aromatic rings. The number of nitrogens with zero attached hydrogens (tertiary/aromatic N) is 2. The Labute approximate surface area is 278 Å². The molecule has 12 rings (SSSR count). The highest BCUT2D eigenvalue weighted by atomic mass is 14.6. The van der Waals surface area contributed by atoms with Gasteiger partial charge in [-0.1, -0.05) is 106 Å². The Balaban J connectivity index is 1.32. The van der Waals surface area contributed by atoms with Gasteiger partial charge in [-0.05, 0) is 126 Å². The molecular formula is C44H22B2N2. The number of benzene rings is 8. The van der Waals surface area contributed by atoms with Crippen molar-refractivity contribution in [3.05, 3.63) is 125 Å². The molecule has 2 nitrogen and oxygen atoms in total. The van der Waals surface area contributed by atoms with Crippen molar-refractivity contribution in [2.24, 2.45) is 0 Å². The van der Waals surface area contributed by atoms with Crippen LogP contribution >= 0.6 is 0 Å². The number of hydrogen-bond acceptors (Lipinski definition) is 1. The van der Waals surface area contributed by atoms with Gasteiger partial charge in [0.1, 0.15) is 0 Å². The van der Waals surface area contributed by atoms with E-state index in [1.165, 1.54) is 121 Å². The molecule has 0 atom stereocenters. The van der Waals surface area contributed by atoms with Gasteiger partial charge in [-0.3, -0.25) is 0 Å². The fourth-order valence-corrected chi connectivity index (χ4v) is 10.4. The van der Waals surface area contributed by atoms with Gasteiger partial charge in [0.25, 0.3) is 0 Å². The summed E-state index contributed by atoms with van der Waals surface area (Å²) in [5.74, 6) is 0. The van der Waals surface area contributed by atoms with Crippen LogP contribution in [0.5, 0.6) is 0 Å². The number of nitriles is 1. The third-order valence-corrected chi connectivity index (χ3v) is 12.1. The van der Waals surface area contributed by atoms with Gasteiger partial charge in [0, 0.05) is 0 Å². The van der Waals surface area contributed by atoms with Crippen molar-refractivity contribution in [1.82, 2.24) is 0 Å². The van der Waals surface area contributed by atoms with E-state index in [1.807, 2.05) is 0 Å². The van der Waals surface area contributed by atoms with Crippen LogP contribution in [0.2, 0.25) is 0 Å². The van der Waals surface area contributed by atoms with Crippen LogP contribution in [0, 0.1) is 31.8 Å².